The quantitative estimate of drug-likeness (QED) is 0.0226. The Morgan fingerprint density at radius 3 is 0.714 bits per heavy atom. The zero-order chi connectivity index (χ0) is 78.2. The molecule has 0 unspecified atom stereocenters. The Hall–Kier alpha value is -8.60. The van der Waals surface area contributed by atoms with E-state index in [1.54, 1.807) is 14.2 Å². The monoisotopic (exact) mass is 1470 g/mol. The van der Waals surface area contributed by atoms with Gasteiger partial charge in [0, 0.05) is 81.2 Å². The Morgan fingerprint density at radius 2 is 0.486 bits per heavy atom. The normalized spacial score (nSPS) is 10.4. The highest BCUT2D eigenvalue weighted by Gasteiger charge is 2.20. The minimum absolute atomic E-state index is 0.165. The van der Waals surface area contributed by atoms with Crippen molar-refractivity contribution in [3.8, 4) is 11.5 Å². The van der Waals surface area contributed by atoms with E-state index in [0.717, 1.165) is 85.6 Å². The predicted molar refractivity (Wildman–Crippen MR) is 414 cm³/mol. The maximum Gasteiger partial charge on any atom is 0.305 e. The van der Waals surface area contributed by atoms with E-state index in [2.05, 4.69) is 44.4 Å². The summed E-state index contributed by atoms with van der Waals surface area (Å²) in [6.45, 7) is 36.2. The summed E-state index contributed by atoms with van der Waals surface area (Å²) in [7, 11) is 3.25. The van der Waals surface area contributed by atoms with Crippen molar-refractivity contribution in [3.63, 3.8) is 0 Å². The van der Waals surface area contributed by atoms with Crippen LogP contribution in [-0.2, 0) is 81.0 Å². The van der Waals surface area contributed by atoms with E-state index in [0.29, 0.717) is 157 Å². The van der Waals surface area contributed by atoms with Crippen molar-refractivity contribution < 1.29 is 90.5 Å². The molecule has 0 radical (unpaired) electrons. The Kier molecular flexibility index (Phi) is 52.7. The zero-order valence-corrected chi connectivity index (χ0v) is 66.5. The van der Waals surface area contributed by atoms with Crippen molar-refractivity contribution >= 4 is 70.5 Å². The summed E-state index contributed by atoms with van der Waals surface area (Å²) >= 11 is 0. The van der Waals surface area contributed by atoms with Gasteiger partial charge in [-0.25, -0.2) is 0 Å². The highest BCUT2D eigenvalue weighted by atomic mass is 16.6. The van der Waals surface area contributed by atoms with E-state index in [-0.39, 0.29) is 61.0 Å². The fraction of sp³-hybridized carbons (Fsp3) is 0.610. The van der Waals surface area contributed by atoms with E-state index >= 15 is 0 Å². The second-order valence-electron chi connectivity index (χ2n) is 25.1. The molecule has 0 heterocycles. The number of carbonyl (C=O) groups excluding carboxylic acids is 8. The second-order valence-corrected chi connectivity index (χ2v) is 25.1. The molecular weight excluding hydrogens is 1340 g/mol. The van der Waals surface area contributed by atoms with E-state index < -0.39 is 0 Å². The maximum atomic E-state index is 11.7. The number of hydrogen-bond donors (Lipinski definition) is 0. The van der Waals surface area contributed by atoms with Crippen molar-refractivity contribution in [2.24, 2.45) is 0 Å². The maximum absolute atomic E-state index is 11.7. The third kappa shape index (κ3) is 42.2. The van der Waals surface area contributed by atoms with Crippen LogP contribution in [0.25, 0.3) is 0 Å². The van der Waals surface area contributed by atoms with Gasteiger partial charge in [-0.1, -0.05) is 73.1 Å². The van der Waals surface area contributed by atoms with Gasteiger partial charge in [-0.05, 0) is 181 Å². The van der Waals surface area contributed by atoms with Crippen LogP contribution in [-0.4, -0.2) is 180 Å². The van der Waals surface area contributed by atoms with Gasteiger partial charge >= 0.3 is 47.8 Å². The molecule has 23 heteroatoms. The number of nitrogens with zero attached hydrogens (tertiary/aromatic N) is 4. The summed E-state index contributed by atoms with van der Waals surface area (Å²) in [6.07, 6.45) is 9.67. The molecule has 0 saturated heterocycles. The molecule has 0 N–H and O–H groups in total. The van der Waals surface area contributed by atoms with E-state index in [4.69, 9.17) is 52.1 Å². The summed E-state index contributed by atoms with van der Waals surface area (Å²) in [5.41, 5.74) is 11.6. The molecule has 4 aromatic carbocycles. The summed E-state index contributed by atoms with van der Waals surface area (Å²) in [5.74, 6) is 0.0852. The zero-order valence-electron chi connectivity index (χ0n) is 66.5. The molecule has 0 aliphatic heterocycles. The van der Waals surface area contributed by atoms with Crippen LogP contribution >= 0.6 is 0 Å². The average Bonchev–Trinajstić information content (AvgIpc) is 0.546. The molecule has 105 heavy (non-hydrogen) atoms. The van der Waals surface area contributed by atoms with Crippen molar-refractivity contribution in [2.75, 3.05) is 152 Å². The van der Waals surface area contributed by atoms with Crippen LogP contribution in [0.5, 0.6) is 11.5 Å². The average molecular weight is 1470 g/mol. The summed E-state index contributed by atoms with van der Waals surface area (Å²) < 4.78 is 57.9. The van der Waals surface area contributed by atoms with Crippen LogP contribution in [0, 0.1) is 41.5 Å². The van der Waals surface area contributed by atoms with E-state index in [1.807, 2.05) is 145 Å². The van der Waals surface area contributed by atoms with Gasteiger partial charge in [-0.2, -0.15) is 0 Å². The lowest BCUT2D eigenvalue weighted by atomic mass is 9.92. The first-order valence-electron chi connectivity index (χ1n) is 37.8. The Labute approximate surface area is 627 Å². The van der Waals surface area contributed by atoms with Gasteiger partial charge in [0.2, 0.25) is 0 Å². The van der Waals surface area contributed by atoms with Crippen LogP contribution in [0.4, 0.5) is 22.7 Å². The van der Waals surface area contributed by atoms with Gasteiger partial charge in [0.05, 0.1) is 66.1 Å². The number of carbonyl (C=O) groups is 8. The molecule has 0 spiro atoms. The first-order valence-corrected chi connectivity index (χ1v) is 37.8. The van der Waals surface area contributed by atoms with Gasteiger partial charge in [-0.15, -0.1) is 0 Å². The van der Waals surface area contributed by atoms with Gasteiger partial charge in [0.1, 0.15) is 71.0 Å². The van der Waals surface area contributed by atoms with Crippen molar-refractivity contribution in [1.29, 1.82) is 0 Å². The van der Waals surface area contributed by atoms with Gasteiger partial charge in [0.15, 0.2) is 0 Å². The number of aryl methyl sites for hydroxylation is 1. The second kappa shape index (κ2) is 58.6. The first kappa shape index (κ1) is 94.4. The highest BCUT2D eigenvalue weighted by molar-refractivity contribution is 5.73. The topological polar surface area (TPSA) is 251 Å². The lowest BCUT2D eigenvalue weighted by Crippen LogP contribution is -2.33. The van der Waals surface area contributed by atoms with Crippen LogP contribution in [0.1, 0.15) is 192 Å². The summed E-state index contributed by atoms with van der Waals surface area (Å²) in [6, 6.07) is 23.4. The van der Waals surface area contributed by atoms with Crippen molar-refractivity contribution in [1.82, 2.24) is 0 Å². The van der Waals surface area contributed by atoms with E-state index in [1.165, 1.54) is 33.4 Å². The summed E-state index contributed by atoms with van der Waals surface area (Å²) in [5, 5.41) is 0. The number of rotatable bonds is 49. The number of ether oxygens (including phenoxy) is 11. The molecular formula is C82H128N4O19. The molecule has 4 rings (SSSR count). The van der Waals surface area contributed by atoms with Crippen LogP contribution in [0.2, 0.25) is 0 Å². The molecule has 0 bridgehead atoms. The molecule has 0 aliphatic carbocycles. The van der Waals surface area contributed by atoms with E-state index in [9.17, 15) is 38.4 Å². The number of anilines is 4. The number of benzene rings is 4. The fourth-order valence-electron chi connectivity index (χ4n) is 10.3. The SMILES string of the molecule is CCCC(=O)OCCN(CCOC(=O)CCC)c1c(C)c(C)c(C)c(C)c1C.CCCC(=O)OCCN(CCOC(=O)CCC)c1ccc(C)cc1.CCCC(=O)OCCN(CCOC(=O)CCC)c1ccc(OC)cc1.CCCC(=O)OCCN(CCOC(=O)CCC)c1ccc(OCCOC)cc1. The fourth-order valence-corrected chi connectivity index (χ4v) is 10.3. The minimum Gasteiger partial charge on any atom is -0.497 e. The Morgan fingerprint density at radius 1 is 0.267 bits per heavy atom. The molecule has 0 aliphatic rings. The molecule has 0 fully saturated rings. The van der Waals surface area contributed by atoms with Gasteiger partial charge < -0.3 is 71.7 Å². The number of esters is 8. The number of methoxy groups -OCH3 is 2. The van der Waals surface area contributed by atoms with Crippen molar-refractivity contribution in [2.45, 2.75) is 200 Å². The van der Waals surface area contributed by atoms with Crippen LogP contribution in [0.3, 0.4) is 0 Å². The van der Waals surface area contributed by atoms with Crippen molar-refractivity contribution in [3.05, 3.63) is 106 Å². The molecule has 4 aromatic rings. The molecule has 23 nitrogen and oxygen atoms in total. The Balaban J connectivity index is 0.000000701. The van der Waals surface area contributed by atoms with Gasteiger partial charge in [-0.3, -0.25) is 38.4 Å². The standard InChI is InChI=1S/C23H37NO4.C21H33NO6.C19H29NO5.C19H29NO4/c1-8-10-21(25)27-14-12-24(13-15-28-22(26)11-9-2)23-19(6)17(4)16(3)18(5)20(23)7;1-4-6-20(23)27-14-12-22(13-15-28-21(24)7-5-2)18-8-10-19(11-9-18)26-17-16-25-3;1-4-6-18(21)24-14-12-20(13-15-25-19(22)7-5-2)16-8-10-17(23-3)11-9-16;1-4-6-18(21)23-14-12-20(13-15-24-19(22)7-5-2)17-10-8-16(3)9-11-17/h8-15H2,1-7H3;8-11H,4-7,12-17H2,1-3H3;8-11H,4-7,12-15H2,1-3H3;8-11H,4-7,12-15H2,1-3H3. The summed E-state index contributed by atoms with van der Waals surface area (Å²) in [4.78, 5) is 101. The van der Waals surface area contributed by atoms with Crippen LogP contribution in [0.15, 0.2) is 72.8 Å². The first-order chi connectivity index (χ1) is 50.5. The van der Waals surface area contributed by atoms with Gasteiger partial charge in [0.25, 0.3) is 0 Å². The third-order valence-electron chi connectivity index (χ3n) is 16.5. The predicted octanol–water partition coefficient (Wildman–Crippen LogP) is 14.6. The smallest absolute Gasteiger partial charge is 0.305 e. The molecule has 0 aromatic heterocycles. The molecule has 590 valence electrons. The molecule has 0 saturated carbocycles. The molecule has 0 atom stereocenters. The number of hydrogen-bond acceptors (Lipinski definition) is 23. The Bertz CT molecular complexity index is 2940. The lowest BCUT2D eigenvalue weighted by molar-refractivity contribution is -0.144. The largest absolute Gasteiger partial charge is 0.497 e. The highest BCUT2D eigenvalue weighted by Crippen LogP contribution is 2.33. The third-order valence-corrected chi connectivity index (χ3v) is 16.5. The minimum atomic E-state index is -0.196. The molecule has 0 amide bonds. The van der Waals surface area contributed by atoms with Crippen LogP contribution < -0.4 is 29.1 Å². The lowest BCUT2D eigenvalue weighted by Gasteiger charge is -2.30.